The van der Waals surface area contributed by atoms with Crippen molar-refractivity contribution < 1.29 is 19.3 Å². The predicted molar refractivity (Wildman–Crippen MR) is 78.5 cm³/mol. The van der Waals surface area contributed by atoms with Gasteiger partial charge in [0.15, 0.2) is 11.5 Å². The fraction of sp³-hybridized carbons (Fsp3) is 0.600. The van der Waals surface area contributed by atoms with Crippen LogP contribution in [0.1, 0.15) is 24.9 Å². The van der Waals surface area contributed by atoms with Crippen LogP contribution in [0.2, 0.25) is 0 Å². The highest BCUT2D eigenvalue weighted by molar-refractivity contribution is 5.43. The summed E-state index contributed by atoms with van der Waals surface area (Å²) in [5.74, 6) is 1.44. The van der Waals surface area contributed by atoms with Crippen molar-refractivity contribution in [3.63, 3.8) is 0 Å². The number of aliphatic hydroxyl groups excluding tert-OH is 1. The maximum absolute atomic E-state index is 9.58. The lowest BCUT2D eigenvalue weighted by Gasteiger charge is -2.17. The third-order valence-corrected chi connectivity index (χ3v) is 3.19. The summed E-state index contributed by atoms with van der Waals surface area (Å²) in [7, 11) is 4.83. The number of aliphatic hydroxyl groups is 1. The molecule has 1 aromatic rings. The van der Waals surface area contributed by atoms with Crippen LogP contribution >= 0.6 is 0 Å². The van der Waals surface area contributed by atoms with E-state index in [2.05, 4.69) is 12.2 Å². The number of benzene rings is 1. The molecule has 1 aromatic carbocycles. The molecule has 5 heteroatoms. The number of hydrogen-bond donors (Lipinski definition) is 2. The van der Waals surface area contributed by atoms with Crippen molar-refractivity contribution >= 4 is 0 Å². The lowest BCUT2D eigenvalue weighted by Crippen LogP contribution is -2.25. The lowest BCUT2D eigenvalue weighted by molar-refractivity contribution is 0.0590. The van der Waals surface area contributed by atoms with Gasteiger partial charge in [-0.2, -0.15) is 0 Å². The molecule has 0 aliphatic carbocycles. The van der Waals surface area contributed by atoms with Crippen molar-refractivity contribution in [3.05, 3.63) is 23.8 Å². The normalized spacial score (nSPS) is 13.8. The first-order valence-electron chi connectivity index (χ1n) is 6.74. The maximum atomic E-state index is 9.58. The summed E-state index contributed by atoms with van der Waals surface area (Å²) < 4.78 is 15.4. The van der Waals surface area contributed by atoms with Crippen LogP contribution in [0.25, 0.3) is 0 Å². The summed E-state index contributed by atoms with van der Waals surface area (Å²) in [4.78, 5) is 0. The van der Waals surface area contributed by atoms with Gasteiger partial charge in [-0.3, -0.25) is 0 Å². The molecule has 0 aliphatic heterocycles. The summed E-state index contributed by atoms with van der Waals surface area (Å²) in [6.07, 6.45) is 0.232. The molecule has 1 rings (SSSR count). The van der Waals surface area contributed by atoms with Gasteiger partial charge in [0.25, 0.3) is 0 Å². The first-order valence-corrected chi connectivity index (χ1v) is 6.74. The van der Waals surface area contributed by atoms with Crippen LogP contribution in [-0.4, -0.2) is 45.7 Å². The molecule has 5 nitrogen and oxygen atoms in total. The molecule has 0 saturated carbocycles. The fourth-order valence-electron chi connectivity index (χ4n) is 1.98. The van der Waals surface area contributed by atoms with E-state index in [1.807, 2.05) is 18.2 Å². The van der Waals surface area contributed by atoms with Crippen LogP contribution in [-0.2, 0) is 4.74 Å². The number of ether oxygens (including phenoxy) is 3. The van der Waals surface area contributed by atoms with Crippen LogP contribution in [0.15, 0.2) is 18.2 Å². The van der Waals surface area contributed by atoms with E-state index in [1.54, 1.807) is 21.3 Å². The van der Waals surface area contributed by atoms with Gasteiger partial charge in [-0.1, -0.05) is 6.07 Å². The Bertz CT molecular complexity index is 397. The first kappa shape index (κ1) is 16.8. The van der Waals surface area contributed by atoms with E-state index in [4.69, 9.17) is 14.2 Å². The Morgan fingerprint density at radius 3 is 2.45 bits per heavy atom. The third-order valence-electron chi connectivity index (χ3n) is 3.19. The van der Waals surface area contributed by atoms with Crippen molar-refractivity contribution in [3.8, 4) is 11.5 Å². The van der Waals surface area contributed by atoms with Crippen LogP contribution in [0, 0.1) is 0 Å². The minimum atomic E-state index is -0.426. The average molecular weight is 283 g/mol. The number of rotatable bonds is 9. The zero-order valence-electron chi connectivity index (χ0n) is 12.7. The average Bonchev–Trinajstić information content (AvgIpc) is 2.46. The molecule has 0 aromatic heterocycles. The fourth-order valence-corrected chi connectivity index (χ4v) is 1.98. The summed E-state index contributed by atoms with van der Waals surface area (Å²) in [5, 5.41) is 12.9. The van der Waals surface area contributed by atoms with Crippen LogP contribution in [0.3, 0.4) is 0 Å². The van der Waals surface area contributed by atoms with Gasteiger partial charge < -0.3 is 24.6 Å². The van der Waals surface area contributed by atoms with Crippen molar-refractivity contribution in [1.29, 1.82) is 0 Å². The van der Waals surface area contributed by atoms with E-state index in [1.165, 1.54) is 0 Å². The summed E-state index contributed by atoms with van der Waals surface area (Å²) in [6, 6.07) is 6.03. The second kappa shape index (κ2) is 8.79. The zero-order valence-corrected chi connectivity index (χ0v) is 12.7. The van der Waals surface area contributed by atoms with Crippen molar-refractivity contribution in [2.45, 2.75) is 25.5 Å². The Morgan fingerprint density at radius 1 is 1.15 bits per heavy atom. The minimum Gasteiger partial charge on any atom is -0.493 e. The zero-order chi connectivity index (χ0) is 15.0. The molecule has 0 aliphatic rings. The van der Waals surface area contributed by atoms with Gasteiger partial charge in [-0.15, -0.1) is 0 Å². The lowest BCUT2D eigenvalue weighted by atomic mass is 10.1. The van der Waals surface area contributed by atoms with E-state index in [0.717, 1.165) is 23.6 Å². The molecule has 2 atom stereocenters. The standard InChI is InChI=1S/C15H25NO4/c1-11(16-8-7-13(17)10-18-2)12-5-6-14(19-3)15(9-12)20-4/h5-6,9,11,13,16-17H,7-8,10H2,1-4H3. The second-order valence-electron chi connectivity index (χ2n) is 4.69. The van der Waals surface area contributed by atoms with Gasteiger partial charge in [0, 0.05) is 13.2 Å². The molecule has 0 amide bonds. The predicted octanol–water partition coefficient (Wildman–Crippen LogP) is 1.75. The number of hydrogen-bond acceptors (Lipinski definition) is 5. The smallest absolute Gasteiger partial charge is 0.161 e. The molecular weight excluding hydrogens is 258 g/mol. The first-order chi connectivity index (χ1) is 9.62. The molecule has 114 valence electrons. The molecule has 0 saturated heterocycles. The Labute approximate surface area is 120 Å². The van der Waals surface area contributed by atoms with Gasteiger partial charge in [-0.25, -0.2) is 0 Å². The van der Waals surface area contributed by atoms with Crippen molar-refractivity contribution in [2.75, 3.05) is 34.5 Å². The third kappa shape index (κ3) is 5.00. The topological polar surface area (TPSA) is 60.0 Å². The monoisotopic (exact) mass is 283 g/mol. The Kier molecular flexibility index (Phi) is 7.36. The quantitative estimate of drug-likeness (QED) is 0.723. The molecule has 0 radical (unpaired) electrons. The van der Waals surface area contributed by atoms with Crippen LogP contribution < -0.4 is 14.8 Å². The Morgan fingerprint density at radius 2 is 1.85 bits per heavy atom. The highest BCUT2D eigenvalue weighted by Gasteiger charge is 2.10. The molecule has 2 N–H and O–H groups in total. The Balaban J connectivity index is 2.52. The highest BCUT2D eigenvalue weighted by atomic mass is 16.5. The SMILES string of the molecule is COCC(O)CCNC(C)c1ccc(OC)c(OC)c1. The Hall–Kier alpha value is -1.30. The molecule has 0 spiro atoms. The number of nitrogens with one attached hydrogen (secondary N) is 1. The molecule has 0 fully saturated rings. The largest absolute Gasteiger partial charge is 0.493 e. The van der Waals surface area contributed by atoms with Gasteiger partial charge in [0.05, 0.1) is 26.9 Å². The van der Waals surface area contributed by atoms with E-state index in [0.29, 0.717) is 13.0 Å². The van der Waals surface area contributed by atoms with E-state index in [-0.39, 0.29) is 6.04 Å². The molecule has 0 bridgehead atoms. The highest BCUT2D eigenvalue weighted by Crippen LogP contribution is 2.29. The van der Waals surface area contributed by atoms with Crippen molar-refractivity contribution in [1.82, 2.24) is 5.32 Å². The van der Waals surface area contributed by atoms with Gasteiger partial charge in [0.2, 0.25) is 0 Å². The number of methoxy groups -OCH3 is 3. The van der Waals surface area contributed by atoms with Gasteiger partial charge in [0.1, 0.15) is 0 Å². The van der Waals surface area contributed by atoms with Gasteiger partial charge >= 0.3 is 0 Å². The van der Waals surface area contributed by atoms with E-state index in [9.17, 15) is 5.11 Å². The van der Waals surface area contributed by atoms with E-state index < -0.39 is 6.10 Å². The van der Waals surface area contributed by atoms with Crippen molar-refractivity contribution in [2.24, 2.45) is 0 Å². The molecule has 20 heavy (non-hydrogen) atoms. The summed E-state index contributed by atoms with van der Waals surface area (Å²) in [5.41, 5.74) is 1.11. The maximum Gasteiger partial charge on any atom is 0.161 e. The van der Waals surface area contributed by atoms with Crippen LogP contribution in [0.5, 0.6) is 11.5 Å². The molecule has 2 unspecified atom stereocenters. The minimum absolute atomic E-state index is 0.171. The van der Waals surface area contributed by atoms with Gasteiger partial charge in [-0.05, 0) is 37.6 Å². The second-order valence-corrected chi connectivity index (χ2v) is 4.69. The summed E-state index contributed by atoms with van der Waals surface area (Å²) in [6.45, 7) is 3.16. The van der Waals surface area contributed by atoms with Crippen LogP contribution in [0.4, 0.5) is 0 Å². The summed E-state index contributed by atoms with van der Waals surface area (Å²) >= 11 is 0. The molecule has 0 heterocycles. The molecular formula is C15H25NO4. The van der Waals surface area contributed by atoms with E-state index >= 15 is 0 Å².